The largest absolute Gasteiger partial charge is 0.481 e. The van der Waals surface area contributed by atoms with Gasteiger partial charge in [-0.1, -0.05) is 12.1 Å². The number of halogens is 1. The first-order valence-electron chi connectivity index (χ1n) is 7.81. The van der Waals surface area contributed by atoms with Crippen LogP contribution in [0, 0.1) is 17.7 Å². The number of rotatable bonds is 3. The molecule has 0 spiro atoms. The fourth-order valence-corrected chi connectivity index (χ4v) is 3.29. The van der Waals surface area contributed by atoms with Crippen LogP contribution in [0.1, 0.15) is 24.4 Å². The first-order valence-corrected chi connectivity index (χ1v) is 7.81. The molecular formula is C16H20FN3O3. The number of amides is 1. The third-order valence-electron chi connectivity index (χ3n) is 4.68. The van der Waals surface area contributed by atoms with E-state index < -0.39 is 5.97 Å². The van der Waals surface area contributed by atoms with E-state index in [9.17, 15) is 14.0 Å². The molecule has 1 aromatic rings. The molecule has 2 aliphatic heterocycles. The summed E-state index contributed by atoms with van der Waals surface area (Å²) in [5.74, 6) is -1.71. The summed E-state index contributed by atoms with van der Waals surface area (Å²) in [4.78, 5) is 25.5. The standard InChI is InChI=1S/C16H20FN3O3/c17-12-3-1-10(2-4-12)14-13(9-18-19-14)15(21)20-7-5-11(6-8-20)16(22)23/h1-4,11,13-14,18-19H,5-9H2,(H,22,23). The number of hydrogen-bond donors (Lipinski definition) is 3. The Hall–Kier alpha value is -1.99. The Kier molecular flexibility index (Phi) is 4.58. The average Bonchev–Trinajstić information content (AvgIpc) is 3.04. The lowest BCUT2D eigenvalue weighted by Crippen LogP contribution is -2.44. The minimum Gasteiger partial charge on any atom is -0.481 e. The summed E-state index contributed by atoms with van der Waals surface area (Å²) in [6, 6.07) is 5.92. The molecule has 0 aliphatic carbocycles. The van der Waals surface area contributed by atoms with Gasteiger partial charge in [-0.15, -0.1) is 0 Å². The molecule has 0 radical (unpaired) electrons. The van der Waals surface area contributed by atoms with Crippen molar-refractivity contribution in [2.75, 3.05) is 19.6 Å². The van der Waals surface area contributed by atoms with Crippen molar-refractivity contribution >= 4 is 11.9 Å². The number of likely N-dealkylation sites (tertiary alicyclic amines) is 1. The Morgan fingerprint density at radius 1 is 1.17 bits per heavy atom. The highest BCUT2D eigenvalue weighted by Gasteiger charge is 2.38. The molecule has 2 saturated heterocycles. The van der Waals surface area contributed by atoms with Crippen LogP contribution in [0.15, 0.2) is 24.3 Å². The number of hydrazine groups is 1. The highest BCUT2D eigenvalue weighted by atomic mass is 19.1. The van der Waals surface area contributed by atoms with E-state index >= 15 is 0 Å². The number of hydrogen-bond acceptors (Lipinski definition) is 4. The van der Waals surface area contributed by atoms with E-state index in [1.165, 1.54) is 12.1 Å². The second-order valence-corrected chi connectivity index (χ2v) is 6.10. The van der Waals surface area contributed by atoms with E-state index in [-0.39, 0.29) is 29.6 Å². The molecule has 6 nitrogen and oxygen atoms in total. The quantitative estimate of drug-likeness (QED) is 0.771. The molecule has 7 heteroatoms. The van der Waals surface area contributed by atoms with Crippen molar-refractivity contribution < 1.29 is 19.1 Å². The predicted molar refractivity (Wildman–Crippen MR) is 80.7 cm³/mol. The van der Waals surface area contributed by atoms with Gasteiger partial charge in [0.2, 0.25) is 5.91 Å². The molecule has 2 atom stereocenters. The Labute approximate surface area is 133 Å². The van der Waals surface area contributed by atoms with E-state index in [4.69, 9.17) is 5.11 Å². The number of benzene rings is 1. The van der Waals surface area contributed by atoms with Gasteiger partial charge in [0.15, 0.2) is 0 Å². The summed E-state index contributed by atoms with van der Waals surface area (Å²) in [5, 5.41) is 9.03. The molecule has 2 fully saturated rings. The molecule has 1 aromatic carbocycles. The Morgan fingerprint density at radius 3 is 2.43 bits per heavy atom. The molecule has 3 N–H and O–H groups in total. The molecule has 124 valence electrons. The zero-order chi connectivity index (χ0) is 16.4. The van der Waals surface area contributed by atoms with Crippen LogP contribution in [-0.4, -0.2) is 41.5 Å². The first kappa shape index (κ1) is 15.9. The minimum atomic E-state index is -0.787. The van der Waals surface area contributed by atoms with Crippen molar-refractivity contribution in [1.82, 2.24) is 15.8 Å². The van der Waals surface area contributed by atoms with E-state index in [0.29, 0.717) is 32.5 Å². The SMILES string of the molecule is O=C(O)C1CCN(C(=O)C2CNNC2c2ccc(F)cc2)CC1. The molecule has 0 bridgehead atoms. The highest BCUT2D eigenvalue weighted by molar-refractivity contribution is 5.81. The van der Waals surface area contributed by atoms with Crippen LogP contribution >= 0.6 is 0 Å². The van der Waals surface area contributed by atoms with Crippen LogP contribution in [0.4, 0.5) is 4.39 Å². The molecule has 3 rings (SSSR count). The van der Waals surface area contributed by atoms with Crippen LogP contribution in [0.5, 0.6) is 0 Å². The van der Waals surface area contributed by atoms with E-state index in [2.05, 4.69) is 10.9 Å². The number of nitrogens with zero attached hydrogens (tertiary/aromatic N) is 1. The zero-order valence-corrected chi connectivity index (χ0v) is 12.7. The van der Waals surface area contributed by atoms with E-state index in [0.717, 1.165) is 5.56 Å². The van der Waals surface area contributed by atoms with Gasteiger partial charge >= 0.3 is 5.97 Å². The van der Waals surface area contributed by atoms with Gasteiger partial charge < -0.3 is 10.0 Å². The van der Waals surface area contributed by atoms with Crippen LogP contribution in [-0.2, 0) is 9.59 Å². The summed E-state index contributed by atoms with van der Waals surface area (Å²) >= 11 is 0. The van der Waals surface area contributed by atoms with Gasteiger partial charge in [-0.3, -0.25) is 15.0 Å². The summed E-state index contributed by atoms with van der Waals surface area (Å²) in [6.07, 6.45) is 0.992. The topological polar surface area (TPSA) is 81.7 Å². The molecular weight excluding hydrogens is 301 g/mol. The van der Waals surface area contributed by atoms with Crippen molar-refractivity contribution in [2.45, 2.75) is 18.9 Å². The van der Waals surface area contributed by atoms with Crippen molar-refractivity contribution in [2.24, 2.45) is 11.8 Å². The molecule has 0 aromatic heterocycles. The van der Waals surface area contributed by atoms with E-state index in [1.54, 1.807) is 17.0 Å². The van der Waals surface area contributed by atoms with Crippen LogP contribution in [0.2, 0.25) is 0 Å². The molecule has 23 heavy (non-hydrogen) atoms. The van der Waals surface area contributed by atoms with Crippen LogP contribution in [0.25, 0.3) is 0 Å². The molecule has 0 saturated carbocycles. The lowest BCUT2D eigenvalue weighted by atomic mass is 9.91. The number of carboxylic acid groups (broad SMARTS) is 1. The zero-order valence-electron chi connectivity index (χ0n) is 12.7. The average molecular weight is 321 g/mol. The maximum Gasteiger partial charge on any atom is 0.306 e. The number of carboxylic acids is 1. The van der Waals surface area contributed by atoms with Gasteiger partial charge in [-0.25, -0.2) is 9.82 Å². The highest BCUT2D eigenvalue weighted by Crippen LogP contribution is 2.28. The summed E-state index contributed by atoms with van der Waals surface area (Å²) in [5.41, 5.74) is 6.93. The molecule has 2 aliphatic rings. The maximum absolute atomic E-state index is 13.1. The Balaban J connectivity index is 1.67. The fourth-order valence-electron chi connectivity index (χ4n) is 3.29. The number of carbonyl (C=O) groups is 2. The predicted octanol–water partition coefficient (Wildman–Crippen LogP) is 0.914. The number of carbonyl (C=O) groups excluding carboxylic acids is 1. The maximum atomic E-state index is 13.1. The van der Waals surface area contributed by atoms with Gasteiger partial charge in [0, 0.05) is 19.6 Å². The fraction of sp³-hybridized carbons (Fsp3) is 0.500. The van der Waals surface area contributed by atoms with Crippen LogP contribution in [0.3, 0.4) is 0 Å². The Morgan fingerprint density at radius 2 is 1.83 bits per heavy atom. The minimum absolute atomic E-state index is 0.0145. The summed E-state index contributed by atoms with van der Waals surface area (Å²) in [6.45, 7) is 1.45. The lowest BCUT2D eigenvalue weighted by Gasteiger charge is -2.33. The second-order valence-electron chi connectivity index (χ2n) is 6.10. The van der Waals surface area contributed by atoms with Gasteiger partial charge in [0.25, 0.3) is 0 Å². The summed E-state index contributed by atoms with van der Waals surface area (Å²) in [7, 11) is 0. The normalized spacial score (nSPS) is 25.5. The third kappa shape index (κ3) is 3.35. The van der Waals surface area contributed by atoms with Gasteiger partial charge in [0.05, 0.1) is 17.9 Å². The molecule has 2 unspecified atom stereocenters. The van der Waals surface area contributed by atoms with Gasteiger partial charge in [0.1, 0.15) is 5.82 Å². The van der Waals surface area contributed by atoms with Crippen molar-refractivity contribution in [3.63, 3.8) is 0 Å². The molecule has 2 heterocycles. The van der Waals surface area contributed by atoms with Gasteiger partial charge in [-0.05, 0) is 30.5 Å². The monoisotopic (exact) mass is 321 g/mol. The number of aliphatic carboxylic acids is 1. The Bertz CT molecular complexity index is 585. The van der Waals surface area contributed by atoms with Crippen molar-refractivity contribution in [3.05, 3.63) is 35.6 Å². The van der Waals surface area contributed by atoms with Crippen molar-refractivity contribution in [3.8, 4) is 0 Å². The molecule has 1 amide bonds. The first-order chi connectivity index (χ1) is 11.1. The smallest absolute Gasteiger partial charge is 0.306 e. The van der Waals surface area contributed by atoms with Crippen LogP contribution < -0.4 is 10.9 Å². The third-order valence-corrected chi connectivity index (χ3v) is 4.68. The van der Waals surface area contributed by atoms with Crippen molar-refractivity contribution in [1.29, 1.82) is 0 Å². The number of piperidine rings is 1. The second kappa shape index (κ2) is 6.64. The number of nitrogens with one attached hydrogen (secondary N) is 2. The van der Waals surface area contributed by atoms with E-state index in [1.807, 2.05) is 0 Å². The lowest BCUT2D eigenvalue weighted by molar-refractivity contribution is -0.146. The van der Waals surface area contributed by atoms with Gasteiger partial charge in [-0.2, -0.15) is 0 Å². The summed E-state index contributed by atoms with van der Waals surface area (Å²) < 4.78 is 13.1.